The number of nitrogens with one attached hydrogen (secondary N) is 1. The summed E-state index contributed by atoms with van der Waals surface area (Å²) in [4.78, 5) is 18.3. The van der Waals surface area contributed by atoms with Gasteiger partial charge >= 0.3 is 5.69 Å². The zero-order valence-corrected chi connectivity index (χ0v) is 13.3. The molecule has 7 heteroatoms. The first kappa shape index (κ1) is 14.1. The van der Waals surface area contributed by atoms with E-state index in [1.165, 1.54) is 0 Å². The third-order valence-electron chi connectivity index (χ3n) is 2.37. The monoisotopic (exact) mass is 273 g/mol. The van der Waals surface area contributed by atoms with E-state index < -0.39 is 22.0 Å². The molecule has 0 aliphatic heterocycles. The van der Waals surface area contributed by atoms with Crippen LogP contribution in [0.5, 0.6) is 0 Å². The van der Waals surface area contributed by atoms with Crippen LogP contribution in [0.3, 0.4) is 0 Å². The Morgan fingerprint density at radius 1 is 1.24 bits per heavy atom. The molecular formula is C10H20FN3OSi2. The maximum absolute atomic E-state index is 14.3. The van der Waals surface area contributed by atoms with Gasteiger partial charge in [0.05, 0.1) is 8.07 Å². The number of H-pyrrole nitrogens is 1. The average Bonchev–Trinajstić information content (AvgIpc) is 2.13. The molecule has 1 rings (SSSR count). The van der Waals surface area contributed by atoms with Gasteiger partial charge in [0.1, 0.15) is 0 Å². The first-order valence-electron chi connectivity index (χ1n) is 5.59. The summed E-state index contributed by atoms with van der Waals surface area (Å²) in [5.74, 6) is 0.215. The van der Waals surface area contributed by atoms with Crippen LogP contribution in [-0.4, -0.2) is 26.3 Å². The molecule has 0 fully saturated rings. The van der Waals surface area contributed by atoms with Crippen molar-refractivity contribution in [2.45, 2.75) is 39.3 Å². The molecule has 0 aromatic carbocycles. The second-order valence-electron chi connectivity index (χ2n) is 6.14. The molecule has 0 bridgehead atoms. The Kier molecular flexibility index (Phi) is 3.63. The van der Waals surface area contributed by atoms with Crippen molar-refractivity contribution < 1.29 is 4.48 Å². The van der Waals surface area contributed by atoms with Gasteiger partial charge < -0.3 is 4.98 Å². The molecule has 4 nitrogen and oxygen atoms in total. The number of nitrogens with zero attached hydrogens (tertiary/aromatic N) is 2. The summed E-state index contributed by atoms with van der Waals surface area (Å²) in [6.07, 6.45) is 1.61. The van der Waals surface area contributed by atoms with Crippen molar-refractivity contribution in [3.8, 4) is 0 Å². The van der Waals surface area contributed by atoms with Crippen molar-refractivity contribution in [3.05, 3.63) is 16.7 Å². The fourth-order valence-electron chi connectivity index (χ4n) is 1.41. The van der Waals surface area contributed by atoms with Crippen molar-refractivity contribution in [3.63, 3.8) is 0 Å². The zero-order valence-electron chi connectivity index (χ0n) is 11.3. The van der Waals surface area contributed by atoms with Crippen LogP contribution in [0.1, 0.15) is 0 Å². The molecule has 1 aromatic heterocycles. The van der Waals surface area contributed by atoms with Crippen LogP contribution in [0, 0.1) is 0 Å². The van der Waals surface area contributed by atoms with Gasteiger partial charge in [0, 0.05) is 6.20 Å². The van der Waals surface area contributed by atoms with Gasteiger partial charge in [-0.25, -0.2) is 9.58 Å². The number of halogens is 1. The molecule has 0 unspecified atom stereocenters. The topological polar surface area (TPSA) is 49.0 Å². The lowest BCUT2D eigenvalue weighted by Crippen LogP contribution is -2.49. The number of aromatic nitrogens is 2. The first-order chi connectivity index (χ1) is 7.53. The predicted molar refractivity (Wildman–Crippen MR) is 74.8 cm³/mol. The summed E-state index contributed by atoms with van der Waals surface area (Å²) >= 11 is 0. The number of hydrogen-bond acceptors (Lipinski definition) is 3. The van der Waals surface area contributed by atoms with Gasteiger partial charge in [-0.1, -0.05) is 19.6 Å². The summed E-state index contributed by atoms with van der Waals surface area (Å²) in [6.45, 7) is 11.9. The smallest absolute Gasteiger partial charge is 0.313 e. The SMILES string of the molecule is C[Si](C)(C)c1c[nH]c(=O)nc1N(F)[Si](C)(C)C. The van der Waals surface area contributed by atoms with E-state index in [-0.39, 0.29) is 5.82 Å². The van der Waals surface area contributed by atoms with Crippen molar-refractivity contribution >= 4 is 27.3 Å². The fourth-order valence-corrected chi connectivity index (χ4v) is 3.65. The van der Waals surface area contributed by atoms with Crippen molar-refractivity contribution in [1.29, 1.82) is 0 Å². The van der Waals surface area contributed by atoms with Crippen molar-refractivity contribution in [2.75, 3.05) is 4.79 Å². The summed E-state index contributed by atoms with van der Waals surface area (Å²) in [7, 11) is -3.90. The van der Waals surface area contributed by atoms with Gasteiger partial charge in [0.25, 0.3) is 0 Å². The molecule has 0 radical (unpaired) electrons. The summed E-state index contributed by atoms with van der Waals surface area (Å²) < 4.78 is 14.3. The van der Waals surface area contributed by atoms with Crippen LogP contribution in [0.25, 0.3) is 0 Å². The predicted octanol–water partition coefficient (Wildman–Crippen LogP) is 1.84. The van der Waals surface area contributed by atoms with E-state index in [2.05, 4.69) is 29.6 Å². The fraction of sp³-hybridized carbons (Fsp3) is 0.600. The van der Waals surface area contributed by atoms with Gasteiger partial charge in [0.15, 0.2) is 14.1 Å². The lowest BCUT2D eigenvalue weighted by atomic mass is 10.6. The summed E-state index contributed by atoms with van der Waals surface area (Å²) in [5.41, 5.74) is -0.497. The Bertz CT molecular complexity index is 462. The quantitative estimate of drug-likeness (QED) is 0.675. The molecule has 0 atom stereocenters. The lowest BCUT2D eigenvalue weighted by Gasteiger charge is -2.29. The largest absolute Gasteiger partial charge is 0.346 e. The van der Waals surface area contributed by atoms with Gasteiger partial charge in [-0.3, -0.25) is 0 Å². The normalized spacial score (nSPS) is 12.6. The molecule has 0 aliphatic rings. The van der Waals surface area contributed by atoms with E-state index in [1.807, 2.05) is 19.6 Å². The zero-order chi connectivity index (χ0) is 13.4. The molecule has 0 saturated heterocycles. The maximum Gasteiger partial charge on any atom is 0.346 e. The Morgan fingerprint density at radius 2 is 1.76 bits per heavy atom. The number of anilines is 1. The Balaban J connectivity index is 3.41. The maximum atomic E-state index is 14.3. The molecule has 0 aliphatic carbocycles. The van der Waals surface area contributed by atoms with Crippen LogP contribution >= 0.6 is 0 Å². The van der Waals surface area contributed by atoms with Gasteiger partial charge in [-0.15, -0.1) is 4.48 Å². The second-order valence-corrected chi connectivity index (χ2v) is 15.9. The minimum atomic E-state index is -2.16. The van der Waals surface area contributed by atoms with E-state index in [9.17, 15) is 9.28 Å². The molecule has 1 N–H and O–H groups in total. The van der Waals surface area contributed by atoms with E-state index in [1.54, 1.807) is 6.20 Å². The molecule has 17 heavy (non-hydrogen) atoms. The van der Waals surface area contributed by atoms with Gasteiger partial charge in [-0.2, -0.15) is 4.98 Å². The third-order valence-corrected chi connectivity index (χ3v) is 5.74. The van der Waals surface area contributed by atoms with Crippen LogP contribution in [0.2, 0.25) is 39.3 Å². The number of rotatable bonds is 3. The number of hydrogen-bond donors (Lipinski definition) is 1. The molecular weight excluding hydrogens is 253 g/mol. The average molecular weight is 273 g/mol. The molecule has 1 aromatic rings. The highest BCUT2D eigenvalue weighted by Gasteiger charge is 2.32. The van der Waals surface area contributed by atoms with Crippen molar-refractivity contribution in [2.24, 2.45) is 0 Å². The minimum Gasteiger partial charge on any atom is -0.313 e. The Morgan fingerprint density at radius 3 is 2.18 bits per heavy atom. The second kappa shape index (κ2) is 4.37. The van der Waals surface area contributed by atoms with Crippen molar-refractivity contribution in [1.82, 2.24) is 9.97 Å². The third kappa shape index (κ3) is 3.25. The summed E-state index contributed by atoms with van der Waals surface area (Å²) in [6, 6.07) is 0. The van der Waals surface area contributed by atoms with Crippen LogP contribution in [-0.2, 0) is 0 Å². The van der Waals surface area contributed by atoms with E-state index in [0.29, 0.717) is 0 Å². The molecule has 0 spiro atoms. The lowest BCUT2D eigenvalue weighted by molar-refractivity contribution is 0.516. The highest BCUT2D eigenvalue weighted by atomic mass is 28.3. The van der Waals surface area contributed by atoms with E-state index in [4.69, 9.17) is 0 Å². The standard InChI is InChI=1S/C10H20FN3OSi2/c1-16(2,3)8-7-12-10(15)13-9(8)14(11)17(4,5)6/h7H,1-6H3,(H,12,13,15). The highest BCUT2D eigenvalue weighted by Crippen LogP contribution is 2.19. The molecule has 1 heterocycles. The highest BCUT2D eigenvalue weighted by molar-refractivity contribution is 6.90. The Hall–Kier alpha value is -0.956. The van der Waals surface area contributed by atoms with Gasteiger partial charge in [-0.05, 0) is 24.8 Å². The van der Waals surface area contributed by atoms with Crippen LogP contribution in [0.4, 0.5) is 10.3 Å². The molecule has 96 valence electrons. The molecule has 0 amide bonds. The number of aromatic amines is 1. The molecule has 0 saturated carbocycles. The minimum absolute atomic E-state index is 0.215. The first-order valence-corrected chi connectivity index (χ1v) is 12.5. The van der Waals surface area contributed by atoms with Gasteiger partial charge in [0.2, 0.25) is 0 Å². The summed E-state index contributed by atoms with van der Waals surface area (Å²) in [5, 5.41) is 0.849. The van der Waals surface area contributed by atoms with Crippen LogP contribution in [0.15, 0.2) is 11.0 Å². The van der Waals surface area contributed by atoms with E-state index in [0.717, 1.165) is 9.97 Å². The van der Waals surface area contributed by atoms with Crippen LogP contribution < -0.4 is 15.7 Å². The van der Waals surface area contributed by atoms with E-state index >= 15 is 0 Å². The Labute approximate surface area is 103 Å².